The second-order valence-electron chi connectivity index (χ2n) is 9.32. The van der Waals surface area contributed by atoms with Crippen LogP contribution in [0.4, 0.5) is 14.9 Å². The van der Waals surface area contributed by atoms with E-state index < -0.39 is 0 Å². The predicted octanol–water partition coefficient (Wildman–Crippen LogP) is 4.27. The SMILES string of the molecule is Cc1ccc2c(c1)cc(C)n2C(=O)N1CCN(CC[C@@H]2CN(C)c3cc(F)ccc3O2)CC1. The van der Waals surface area contributed by atoms with E-state index in [1.165, 1.54) is 17.7 Å². The van der Waals surface area contributed by atoms with Crippen LogP contribution in [0.5, 0.6) is 5.75 Å². The van der Waals surface area contributed by atoms with E-state index >= 15 is 0 Å². The summed E-state index contributed by atoms with van der Waals surface area (Å²) in [5, 5.41) is 1.11. The summed E-state index contributed by atoms with van der Waals surface area (Å²) in [4.78, 5) is 19.7. The second kappa shape index (κ2) is 8.71. The van der Waals surface area contributed by atoms with Gasteiger partial charge >= 0.3 is 6.03 Å². The van der Waals surface area contributed by atoms with E-state index in [0.717, 1.165) is 73.7 Å². The van der Waals surface area contributed by atoms with Crippen molar-refractivity contribution in [2.75, 3.05) is 51.2 Å². The third-order valence-corrected chi connectivity index (χ3v) is 6.85. The maximum Gasteiger partial charge on any atom is 0.328 e. The van der Waals surface area contributed by atoms with Gasteiger partial charge in [-0.15, -0.1) is 0 Å². The van der Waals surface area contributed by atoms with Gasteiger partial charge in [0.05, 0.1) is 17.7 Å². The molecule has 0 unspecified atom stereocenters. The maximum absolute atomic E-state index is 13.5. The number of carbonyl (C=O) groups is 1. The first-order valence-corrected chi connectivity index (χ1v) is 11.7. The van der Waals surface area contributed by atoms with Crippen LogP contribution in [0.1, 0.15) is 17.7 Å². The molecule has 1 amide bonds. The van der Waals surface area contributed by atoms with Crippen LogP contribution >= 0.6 is 0 Å². The van der Waals surface area contributed by atoms with E-state index in [1.807, 2.05) is 29.5 Å². The monoisotopic (exact) mass is 450 g/mol. The molecule has 3 heterocycles. The van der Waals surface area contributed by atoms with Crippen LogP contribution < -0.4 is 9.64 Å². The highest BCUT2D eigenvalue weighted by Crippen LogP contribution is 2.33. The summed E-state index contributed by atoms with van der Waals surface area (Å²) in [6.45, 7) is 8.88. The molecule has 2 aliphatic rings. The number of hydrogen-bond donors (Lipinski definition) is 0. The Hall–Kier alpha value is -3.06. The smallest absolute Gasteiger partial charge is 0.328 e. The van der Waals surface area contributed by atoms with Gasteiger partial charge in [-0.05, 0) is 50.6 Å². The molecule has 7 heteroatoms. The number of benzene rings is 2. The first-order chi connectivity index (χ1) is 15.9. The average molecular weight is 451 g/mol. The van der Waals surface area contributed by atoms with Gasteiger partial charge in [-0.3, -0.25) is 9.47 Å². The number of nitrogens with zero attached hydrogens (tertiary/aromatic N) is 4. The highest BCUT2D eigenvalue weighted by molar-refractivity contribution is 5.93. The summed E-state index contributed by atoms with van der Waals surface area (Å²) in [5.41, 5.74) is 3.96. The molecule has 2 aliphatic heterocycles. The quantitative estimate of drug-likeness (QED) is 0.598. The van der Waals surface area contributed by atoms with Gasteiger partial charge in [-0.25, -0.2) is 9.18 Å². The number of anilines is 1. The van der Waals surface area contributed by atoms with Gasteiger partial charge in [0.15, 0.2) is 0 Å². The Labute approximate surface area is 194 Å². The second-order valence-corrected chi connectivity index (χ2v) is 9.32. The van der Waals surface area contributed by atoms with Crippen LogP contribution in [0.2, 0.25) is 0 Å². The molecule has 0 N–H and O–H groups in total. The van der Waals surface area contributed by atoms with Crippen LogP contribution in [0.25, 0.3) is 10.9 Å². The fourth-order valence-electron chi connectivity index (χ4n) is 5.02. The van der Waals surface area contributed by atoms with E-state index in [9.17, 15) is 9.18 Å². The fraction of sp³-hybridized carbons (Fsp3) is 0.423. The highest BCUT2D eigenvalue weighted by Gasteiger charge is 2.27. The number of carbonyl (C=O) groups excluding carboxylic acids is 1. The number of ether oxygens (including phenoxy) is 1. The fourth-order valence-corrected chi connectivity index (χ4v) is 5.02. The lowest BCUT2D eigenvalue weighted by molar-refractivity contribution is 0.118. The van der Waals surface area contributed by atoms with Gasteiger partial charge in [0.25, 0.3) is 0 Å². The third-order valence-electron chi connectivity index (χ3n) is 6.85. The number of hydrogen-bond acceptors (Lipinski definition) is 4. The molecule has 5 rings (SSSR count). The summed E-state index contributed by atoms with van der Waals surface area (Å²) in [7, 11) is 1.98. The number of aromatic nitrogens is 1. The van der Waals surface area contributed by atoms with E-state index in [4.69, 9.17) is 4.74 Å². The van der Waals surface area contributed by atoms with Gasteiger partial charge in [0.1, 0.15) is 17.7 Å². The lowest BCUT2D eigenvalue weighted by Crippen LogP contribution is -2.51. The lowest BCUT2D eigenvalue weighted by Gasteiger charge is -2.37. The lowest BCUT2D eigenvalue weighted by atomic mass is 10.1. The van der Waals surface area contributed by atoms with Crippen molar-refractivity contribution in [1.29, 1.82) is 0 Å². The number of halogens is 1. The molecule has 0 aliphatic carbocycles. The summed E-state index contributed by atoms with van der Waals surface area (Å²) in [6, 6.07) is 13.1. The molecule has 6 nitrogen and oxygen atoms in total. The van der Waals surface area contributed by atoms with Crippen molar-refractivity contribution in [3.05, 3.63) is 59.5 Å². The Kier molecular flexibility index (Phi) is 5.74. The van der Waals surface area contributed by atoms with E-state index in [2.05, 4.69) is 34.9 Å². The zero-order valence-corrected chi connectivity index (χ0v) is 19.6. The minimum atomic E-state index is -0.242. The van der Waals surface area contributed by atoms with Crippen LogP contribution in [-0.2, 0) is 0 Å². The molecule has 1 atom stereocenters. The molecule has 174 valence electrons. The molecule has 1 fully saturated rings. The van der Waals surface area contributed by atoms with Gasteiger partial charge in [0, 0.05) is 56.9 Å². The van der Waals surface area contributed by atoms with Crippen molar-refractivity contribution in [3.8, 4) is 5.75 Å². The van der Waals surface area contributed by atoms with Crippen molar-refractivity contribution in [3.63, 3.8) is 0 Å². The zero-order chi connectivity index (χ0) is 23.1. The molecular formula is C26H31FN4O2. The van der Waals surface area contributed by atoms with Gasteiger partial charge in [0.2, 0.25) is 0 Å². The normalized spacial score (nSPS) is 19.0. The molecule has 0 bridgehead atoms. The van der Waals surface area contributed by atoms with Crippen molar-refractivity contribution >= 4 is 22.6 Å². The molecule has 0 radical (unpaired) electrons. The Balaban J connectivity index is 1.16. The van der Waals surface area contributed by atoms with Crippen molar-refractivity contribution in [1.82, 2.24) is 14.4 Å². The minimum Gasteiger partial charge on any atom is -0.486 e. The van der Waals surface area contributed by atoms with E-state index in [0.29, 0.717) is 0 Å². The summed E-state index contributed by atoms with van der Waals surface area (Å²) < 4.78 is 21.5. The molecule has 33 heavy (non-hydrogen) atoms. The Bertz CT molecular complexity index is 1180. The van der Waals surface area contributed by atoms with Crippen LogP contribution in [0.15, 0.2) is 42.5 Å². The number of rotatable bonds is 3. The summed E-state index contributed by atoms with van der Waals surface area (Å²) >= 11 is 0. The molecule has 3 aromatic rings. The molecule has 0 saturated carbocycles. The molecular weight excluding hydrogens is 419 g/mol. The Morgan fingerprint density at radius 2 is 1.85 bits per heavy atom. The molecule has 0 spiro atoms. The molecule has 1 aromatic heterocycles. The molecule has 2 aromatic carbocycles. The van der Waals surface area contributed by atoms with Crippen molar-refractivity contribution < 1.29 is 13.9 Å². The third kappa shape index (κ3) is 4.29. The Morgan fingerprint density at radius 1 is 1.06 bits per heavy atom. The number of piperazine rings is 1. The first kappa shape index (κ1) is 21.8. The van der Waals surface area contributed by atoms with Crippen LogP contribution in [-0.4, -0.2) is 72.8 Å². The van der Waals surface area contributed by atoms with E-state index in [-0.39, 0.29) is 18.0 Å². The molecule has 1 saturated heterocycles. The summed E-state index contributed by atoms with van der Waals surface area (Å²) in [6.07, 6.45) is 0.973. The topological polar surface area (TPSA) is 41.0 Å². The number of likely N-dealkylation sites (N-methyl/N-ethyl adjacent to an activating group) is 1. The Morgan fingerprint density at radius 3 is 2.64 bits per heavy atom. The largest absolute Gasteiger partial charge is 0.486 e. The van der Waals surface area contributed by atoms with Gasteiger partial charge in [-0.2, -0.15) is 0 Å². The summed E-state index contributed by atoms with van der Waals surface area (Å²) in [5.74, 6) is 0.503. The van der Waals surface area contributed by atoms with Crippen molar-refractivity contribution in [2.24, 2.45) is 0 Å². The van der Waals surface area contributed by atoms with Crippen LogP contribution in [0, 0.1) is 19.7 Å². The zero-order valence-electron chi connectivity index (χ0n) is 19.6. The number of fused-ring (bicyclic) bond motifs is 2. The number of aryl methyl sites for hydroxylation is 2. The van der Waals surface area contributed by atoms with Crippen molar-refractivity contribution in [2.45, 2.75) is 26.4 Å². The number of amides is 1. The minimum absolute atomic E-state index is 0.0621. The first-order valence-electron chi connectivity index (χ1n) is 11.7. The van der Waals surface area contributed by atoms with Gasteiger partial charge in [-0.1, -0.05) is 11.6 Å². The van der Waals surface area contributed by atoms with Crippen LogP contribution in [0.3, 0.4) is 0 Å². The average Bonchev–Trinajstić information content (AvgIpc) is 3.12. The standard InChI is InChI=1S/C26H31FN4O2/c1-18-4-6-23-20(14-18)15-19(2)31(23)26(32)30-12-10-29(11-13-30)9-8-22-17-28(3)24-16-21(27)5-7-25(24)33-22/h4-7,14-16,22H,8-13,17H2,1-3H3/t22-/m1/s1. The van der Waals surface area contributed by atoms with E-state index in [1.54, 1.807) is 6.07 Å². The maximum atomic E-state index is 13.5. The van der Waals surface area contributed by atoms with Gasteiger partial charge < -0.3 is 14.5 Å². The highest BCUT2D eigenvalue weighted by atomic mass is 19.1. The predicted molar refractivity (Wildman–Crippen MR) is 129 cm³/mol.